The maximum absolute atomic E-state index is 5.18. The van der Waals surface area contributed by atoms with E-state index in [0.717, 1.165) is 35.6 Å². The van der Waals surface area contributed by atoms with Crippen LogP contribution < -0.4 is 0 Å². The number of halogens is 1. The van der Waals surface area contributed by atoms with E-state index in [0.29, 0.717) is 6.04 Å². The molecule has 1 aliphatic rings. The molecule has 3 heterocycles. The highest BCUT2D eigenvalue weighted by molar-refractivity contribution is 9.10. The predicted octanol–water partition coefficient (Wildman–Crippen LogP) is 2.31. The van der Waals surface area contributed by atoms with Crippen LogP contribution in [0.4, 0.5) is 0 Å². The predicted molar refractivity (Wildman–Crippen MR) is 70.2 cm³/mol. The summed E-state index contributed by atoms with van der Waals surface area (Å²) < 4.78 is 8.23. The van der Waals surface area contributed by atoms with Crippen LogP contribution >= 0.6 is 15.9 Å². The van der Waals surface area contributed by atoms with Crippen LogP contribution in [0, 0.1) is 13.8 Å². The van der Waals surface area contributed by atoms with Gasteiger partial charge >= 0.3 is 0 Å². The van der Waals surface area contributed by atoms with E-state index in [4.69, 9.17) is 4.52 Å². The Hall–Kier alpha value is -1.14. The fourth-order valence-electron chi connectivity index (χ4n) is 2.30. The molecule has 6 heteroatoms. The number of likely N-dealkylation sites (tertiary alicyclic amines) is 1. The van der Waals surface area contributed by atoms with E-state index in [1.807, 2.05) is 30.9 Å². The summed E-state index contributed by atoms with van der Waals surface area (Å²) in [6, 6.07) is 0.483. The number of aromatic nitrogens is 3. The van der Waals surface area contributed by atoms with Crippen molar-refractivity contribution in [3.05, 3.63) is 33.9 Å². The van der Waals surface area contributed by atoms with Gasteiger partial charge < -0.3 is 4.52 Å². The van der Waals surface area contributed by atoms with Gasteiger partial charge in [0.15, 0.2) is 0 Å². The SMILES string of the molecule is Cc1noc(C)c1CN1CC(n2cc(Br)cn2)C1. The van der Waals surface area contributed by atoms with Crippen molar-refractivity contribution in [3.8, 4) is 0 Å². The first-order valence-electron chi connectivity index (χ1n) is 5.97. The fraction of sp³-hybridized carbons (Fsp3) is 0.500. The molecule has 18 heavy (non-hydrogen) atoms. The Morgan fingerprint density at radius 1 is 1.44 bits per heavy atom. The number of rotatable bonds is 3. The first-order chi connectivity index (χ1) is 8.63. The summed E-state index contributed by atoms with van der Waals surface area (Å²) in [5, 5.41) is 8.30. The van der Waals surface area contributed by atoms with Crippen LogP contribution in [0.1, 0.15) is 23.1 Å². The monoisotopic (exact) mass is 310 g/mol. The molecule has 5 nitrogen and oxygen atoms in total. The molecule has 1 aliphatic heterocycles. The van der Waals surface area contributed by atoms with E-state index >= 15 is 0 Å². The molecule has 0 saturated carbocycles. The van der Waals surface area contributed by atoms with Crippen molar-refractivity contribution in [1.29, 1.82) is 0 Å². The molecule has 2 aromatic heterocycles. The van der Waals surface area contributed by atoms with Crippen molar-refractivity contribution in [2.45, 2.75) is 26.4 Å². The normalized spacial score (nSPS) is 17.1. The maximum Gasteiger partial charge on any atom is 0.138 e. The number of aryl methyl sites for hydroxylation is 2. The molecule has 0 aromatic carbocycles. The summed E-state index contributed by atoms with van der Waals surface area (Å²) in [5.74, 6) is 0.929. The quantitative estimate of drug-likeness (QED) is 0.873. The third-order valence-corrected chi connectivity index (χ3v) is 3.85. The Morgan fingerprint density at radius 3 is 2.78 bits per heavy atom. The second kappa shape index (κ2) is 4.51. The number of nitrogens with zero attached hydrogens (tertiary/aromatic N) is 4. The lowest BCUT2D eigenvalue weighted by Crippen LogP contribution is -2.47. The molecule has 0 aliphatic carbocycles. The van der Waals surface area contributed by atoms with Gasteiger partial charge in [-0.3, -0.25) is 9.58 Å². The Bertz CT molecular complexity index is 537. The number of hydrogen-bond donors (Lipinski definition) is 0. The summed E-state index contributed by atoms with van der Waals surface area (Å²) >= 11 is 3.42. The largest absolute Gasteiger partial charge is 0.361 e. The molecule has 0 N–H and O–H groups in total. The second-order valence-corrected chi connectivity index (χ2v) is 5.70. The molecule has 2 aromatic rings. The van der Waals surface area contributed by atoms with Crippen LogP contribution in [-0.2, 0) is 6.54 Å². The fourth-order valence-corrected chi connectivity index (χ4v) is 2.61. The molecule has 1 fully saturated rings. The smallest absolute Gasteiger partial charge is 0.138 e. The zero-order valence-electron chi connectivity index (χ0n) is 10.4. The summed E-state index contributed by atoms with van der Waals surface area (Å²) in [6.07, 6.45) is 3.86. The third kappa shape index (κ3) is 2.10. The van der Waals surface area contributed by atoms with Gasteiger partial charge in [0.05, 0.1) is 22.4 Å². The van der Waals surface area contributed by atoms with Crippen molar-refractivity contribution >= 4 is 15.9 Å². The molecular weight excluding hydrogens is 296 g/mol. The van der Waals surface area contributed by atoms with Crippen molar-refractivity contribution < 1.29 is 4.52 Å². The Labute approximate surface area is 114 Å². The van der Waals surface area contributed by atoms with Gasteiger partial charge in [-0.1, -0.05) is 5.16 Å². The van der Waals surface area contributed by atoms with Crippen LogP contribution in [0.25, 0.3) is 0 Å². The first-order valence-corrected chi connectivity index (χ1v) is 6.76. The Morgan fingerprint density at radius 2 is 2.22 bits per heavy atom. The van der Waals surface area contributed by atoms with Crippen molar-refractivity contribution in [1.82, 2.24) is 19.8 Å². The van der Waals surface area contributed by atoms with Crippen molar-refractivity contribution in [3.63, 3.8) is 0 Å². The molecule has 0 atom stereocenters. The van der Waals surface area contributed by atoms with E-state index in [2.05, 4.69) is 31.1 Å². The maximum atomic E-state index is 5.18. The molecule has 0 amide bonds. The highest BCUT2D eigenvalue weighted by Crippen LogP contribution is 2.25. The van der Waals surface area contributed by atoms with Crippen molar-refractivity contribution in [2.75, 3.05) is 13.1 Å². The standard InChI is InChI=1S/C12H15BrN4O/c1-8-12(9(2)18-15-8)7-16-5-11(6-16)17-4-10(13)3-14-17/h3-4,11H,5-7H2,1-2H3. The molecule has 0 spiro atoms. The van der Waals surface area contributed by atoms with Crippen LogP contribution in [0.5, 0.6) is 0 Å². The van der Waals surface area contributed by atoms with Crippen molar-refractivity contribution in [2.24, 2.45) is 0 Å². The Kier molecular flexibility index (Phi) is 2.99. The van der Waals surface area contributed by atoms with Crippen LogP contribution in [-0.4, -0.2) is 32.9 Å². The average Bonchev–Trinajstić information content (AvgIpc) is 2.82. The average molecular weight is 311 g/mol. The summed E-state index contributed by atoms with van der Waals surface area (Å²) in [7, 11) is 0. The van der Waals surface area contributed by atoms with Gasteiger partial charge in [-0.05, 0) is 29.8 Å². The van der Waals surface area contributed by atoms with E-state index in [-0.39, 0.29) is 0 Å². The molecule has 0 bridgehead atoms. The highest BCUT2D eigenvalue weighted by Gasteiger charge is 2.29. The van der Waals surface area contributed by atoms with Gasteiger partial charge in [-0.25, -0.2) is 0 Å². The van der Waals surface area contributed by atoms with E-state index in [9.17, 15) is 0 Å². The van der Waals surface area contributed by atoms with Crippen LogP contribution in [0.3, 0.4) is 0 Å². The first kappa shape index (κ1) is 11.9. The minimum absolute atomic E-state index is 0.483. The molecule has 96 valence electrons. The topological polar surface area (TPSA) is 47.1 Å². The summed E-state index contributed by atoms with van der Waals surface area (Å²) in [6.45, 7) is 6.93. The van der Waals surface area contributed by atoms with Gasteiger partial charge in [0, 0.05) is 31.4 Å². The second-order valence-electron chi connectivity index (χ2n) is 4.79. The number of hydrogen-bond acceptors (Lipinski definition) is 4. The lowest BCUT2D eigenvalue weighted by atomic mass is 10.1. The zero-order valence-corrected chi connectivity index (χ0v) is 12.0. The lowest BCUT2D eigenvalue weighted by Gasteiger charge is -2.39. The minimum Gasteiger partial charge on any atom is -0.361 e. The van der Waals surface area contributed by atoms with Crippen LogP contribution in [0.15, 0.2) is 21.4 Å². The molecule has 0 radical (unpaired) electrons. The van der Waals surface area contributed by atoms with Gasteiger partial charge in [-0.2, -0.15) is 5.10 Å². The molecular formula is C12H15BrN4O. The van der Waals surface area contributed by atoms with Gasteiger partial charge in [0.1, 0.15) is 5.76 Å². The van der Waals surface area contributed by atoms with E-state index in [1.165, 1.54) is 5.56 Å². The molecule has 1 saturated heterocycles. The highest BCUT2D eigenvalue weighted by atomic mass is 79.9. The van der Waals surface area contributed by atoms with E-state index < -0.39 is 0 Å². The molecule has 3 rings (SSSR count). The third-order valence-electron chi connectivity index (χ3n) is 3.44. The molecule has 0 unspecified atom stereocenters. The van der Waals surface area contributed by atoms with Gasteiger partial charge in [0.2, 0.25) is 0 Å². The van der Waals surface area contributed by atoms with E-state index in [1.54, 1.807) is 0 Å². The summed E-state index contributed by atoms with van der Waals surface area (Å²) in [4.78, 5) is 2.38. The van der Waals surface area contributed by atoms with Crippen LogP contribution in [0.2, 0.25) is 0 Å². The van der Waals surface area contributed by atoms with Gasteiger partial charge in [0.25, 0.3) is 0 Å². The lowest BCUT2D eigenvalue weighted by molar-refractivity contribution is 0.0902. The van der Waals surface area contributed by atoms with Gasteiger partial charge in [-0.15, -0.1) is 0 Å². The minimum atomic E-state index is 0.483. The summed E-state index contributed by atoms with van der Waals surface area (Å²) in [5.41, 5.74) is 2.22. The Balaban J connectivity index is 1.60. The zero-order chi connectivity index (χ0) is 12.7.